The fraction of sp³-hybridized carbons (Fsp3) is 0.176. The van der Waals surface area contributed by atoms with Crippen molar-refractivity contribution < 1.29 is 26.4 Å². The molecule has 0 aromatic heterocycles. The normalized spacial score (nSPS) is 12.5. The summed E-state index contributed by atoms with van der Waals surface area (Å²) >= 11 is 5.71. The fourth-order valence-electron chi connectivity index (χ4n) is 2.15. The molecule has 0 spiro atoms. The Morgan fingerprint density at radius 2 is 1.79 bits per heavy atom. The summed E-state index contributed by atoms with van der Waals surface area (Å²) in [4.78, 5) is 11.8. The molecular weight excluding hydrogens is 419 g/mol. The second-order valence-electron chi connectivity index (χ2n) is 5.59. The minimum absolute atomic E-state index is 0.0604. The van der Waals surface area contributed by atoms with Crippen molar-refractivity contribution in [2.45, 2.75) is 11.1 Å². The third-order valence-electron chi connectivity index (χ3n) is 3.55. The van der Waals surface area contributed by atoms with E-state index in [1.54, 1.807) is 0 Å². The van der Waals surface area contributed by atoms with E-state index in [1.165, 1.54) is 49.5 Å². The van der Waals surface area contributed by atoms with E-state index in [4.69, 9.17) is 11.6 Å². The summed E-state index contributed by atoms with van der Waals surface area (Å²) in [7, 11) is -2.75. The summed E-state index contributed by atoms with van der Waals surface area (Å²) in [5.74, 6) is -0.819. The lowest BCUT2D eigenvalue weighted by Crippen LogP contribution is -2.36. The first kappa shape index (κ1) is 21.9. The van der Waals surface area contributed by atoms with E-state index in [1.807, 2.05) is 5.43 Å². The van der Waals surface area contributed by atoms with Crippen molar-refractivity contribution in [2.24, 2.45) is 5.10 Å². The van der Waals surface area contributed by atoms with Gasteiger partial charge in [0.1, 0.15) is 0 Å². The Morgan fingerprint density at radius 3 is 2.39 bits per heavy atom. The molecule has 0 aliphatic carbocycles. The van der Waals surface area contributed by atoms with Crippen LogP contribution < -0.4 is 5.43 Å². The third kappa shape index (κ3) is 5.54. The summed E-state index contributed by atoms with van der Waals surface area (Å²) in [6.07, 6.45) is -3.73. The first-order chi connectivity index (χ1) is 13.0. The molecule has 1 amide bonds. The Labute approximate surface area is 164 Å². The van der Waals surface area contributed by atoms with Gasteiger partial charge in [-0.1, -0.05) is 29.8 Å². The number of carbonyl (C=O) groups excluding carboxylic acids is 1. The first-order valence-corrected chi connectivity index (χ1v) is 9.53. The first-order valence-electron chi connectivity index (χ1n) is 7.72. The number of sulfonamides is 1. The maximum absolute atomic E-state index is 12.9. The molecule has 0 heterocycles. The van der Waals surface area contributed by atoms with Gasteiger partial charge in [-0.2, -0.15) is 22.6 Å². The summed E-state index contributed by atoms with van der Waals surface area (Å²) in [6.45, 7) is -0.580. The molecule has 150 valence electrons. The monoisotopic (exact) mass is 433 g/mol. The van der Waals surface area contributed by atoms with E-state index in [0.717, 1.165) is 16.6 Å². The van der Waals surface area contributed by atoms with Crippen LogP contribution in [0.4, 0.5) is 13.2 Å². The van der Waals surface area contributed by atoms with Gasteiger partial charge in [-0.15, -0.1) is 0 Å². The minimum atomic E-state index is -4.57. The molecular formula is C17H15ClF3N3O3S. The number of likely N-dealkylation sites (N-methyl/N-ethyl adjacent to an activating group) is 1. The number of amides is 1. The smallest absolute Gasteiger partial charge is 0.272 e. The molecule has 11 heteroatoms. The molecule has 6 nitrogen and oxygen atoms in total. The summed E-state index contributed by atoms with van der Waals surface area (Å²) in [6, 6.07) is 10.1. The van der Waals surface area contributed by atoms with Gasteiger partial charge in [0.2, 0.25) is 10.0 Å². The molecule has 0 aliphatic heterocycles. The van der Waals surface area contributed by atoms with Gasteiger partial charge in [-0.25, -0.2) is 13.8 Å². The van der Waals surface area contributed by atoms with Crippen LogP contribution in [0.3, 0.4) is 0 Å². The molecule has 28 heavy (non-hydrogen) atoms. The second-order valence-corrected chi connectivity index (χ2v) is 8.07. The number of nitrogens with zero attached hydrogens (tertiary/aromatic N) is 2. The predicted molar refractivity (Wildman–Crippen MR) is 98.4 cm³/mol. The van der Waals surface area contributed by atoms with E-state index in [9.17, 15) is 26.4 Å². The second kappa shape index (κ2) is 8.72. The van der Waals surface area contributed by atoms with Gasteiger partial charge in [-0.05, 0) is 30.3 Å². The molecule has 1 N–H and O–H groups in total. The standard InChI is InChI=1S/C17H15ClF3N3O3S/c1-24(28(26,27)14-8-6-13(18)7-9-14)11-16(25)23-22-10-12-4-2-3-5-15(12)17(19,20)21/h2-10H,11H2,1H3,(H,23,25)/b22-10-. The van der Waals surface area contributed by atoms with Crippen molar-refractivity contribution in [1.29, 1.82) is 0 Å². The molecule has 2 aromatic carbocycles. The van der Waals surface area contributed by atoms with Gasteiger partial charge in [0.05, 0.1) is 23.2 Å². The van der Waals surface area contributed by atoms with Crippen molar-refractivity contribution in [3.63, 3.8) is 0 Å². The van der Waals surface area contributed by atoms with E-state index in [2.05, 4.69) is 5.10 Å². The minimum Gasteiger partial charge on any atom is -0.272 e. The summed E-state index contributed by atoms with van der Waals surface area (Å²) < 4.78 is 64.2. The number of halogens is 4. The Morgan fingerprint density at radius 1 is 1.18 bits per heavy atom. The molecule has 0 aliphatic rings. The van der Waals surface area contributed by atoms with Crippen LogP contribution in [0, 0.1) is 0 Å². The van der Waals surface area contributed by atoms with Crippen LogP contribution in [-0.4, -0.2) is 38.4 Å². The zero-order chi connectivity index (χ0) is 20.9. The van der Waals surface area contributed by atoms with Crippen LogP contribution in [0.1, 0.15) is 11.1 Å². The predicted octanol–water partition coefficient (Wildman–Crippen LogP) is 3.13. The van der Waals surface area contributed by atoms with Crippen LogP contribution in [0.5, 0.6) is 0 Å². The highest BCUT2D eigenvalue weighted by molar-refractivity contribution is 7.89. The van der Waals surface area contributed by atoms with Crippen LogP contribution >= 0.6 is 11.6 Å². The van der Waals surface area contributed by atoms with Crippen LogP contribution in [0.25, 0.3) is 0 Å². The summed E-state index contributed by atoms with van der Waals surface area (Å²) in [5, 5.41) is 3.83. The Kier molecular flexibility index (Phi) is 6.81. The van der Waals surface area contributed by atoms with E-state index in [-0.39, 0.29) is 10.5 Å². The summed E-state index contributed by atoms with van der Waals surface area (Å²) in [5.41, 5.74) is 0.864. The topological polar surface area (TPSA) is 78.8 Å². The van der Waals surface area contributed by atoms with Gasteiger partial charge >= 0.3 is 6.18 Å². The van der Waals surface area contributed by atoms with Gasteiger partial charge in [-0.3, -0.25) is 4.79 Å². The van der Waals surface area contributed by atoms with Crippen molar-refractivity contribution >= 4 is 33.7 Å². The number of hydrogen-bond acceptors (Lipinski definition) is 4. The lowest BCUT2D eigenvalue weighted by molar-refractivity contribution is -0.137. The zero-order valence-electron chi connectivity index (χ0n) is 14.4. The van der Waals surface area contributed by atoms with E-state index >= 15 is 0 Å². The largest absolute Gasteiger partial charge is 0.417 e. The molecule has 0 unspecified atom stereocenters. The van der Waals surface area contributed by atoms with E-state index in [0.29, 0.717) is 5.02 Å². The molecule has 0 saturated carbocycles. The lowest BCUT2D eigenvalue weighted by Gasteiger charge is -2.16. The van der Waals surface area contributed by atoms with Gasteiger partial charge < -0.3 is 0 Å². The molecule has 0 fully saturated rings. The van der Waals surface area contributed by atoms with E-state index < -0.39 is 34.2 Å². The maximum atomic E-state index is 12.9. The number of rotatable bonds is 6. The highest BCUT2D eigenvalue weighted by Crippen LogP contribution is 2.31. The van der Waals surface area contributed by atoms with Crippen LogP contribution in [0.15, 0.2) is 58.5 Å². The Bertz CT molecular complexity index is 977. The fourth-order valence-corrected chi connectivity index (χ4v) is 3.40. The molecule has 0 bridgehead atoms. The number of carbonyl (C=O) groups is 1. The van der Waals surface area contributed by atoms with Crippen molar-refractivity contribution in [2.75, 3.05) is 13.6 Å². The van der Waals surface area contributed by atoms with Crippen molar-refractivity contribution in [3.8, 4) is 0 Å². The quantitative estimate of drug-likeness (QED) is 0.561. The molecule has 0 saturated heterocycles. The number of hydrogen-bond donors (Lipinski definition) is 1. The SMILES string of the molecule is CN(CC(=O)N/N=C\c1ccccc1C(F)(F)F)S(=O)(=O)c1ccc(Cl)cc1. The highest BCUT2D eigenvalue weighted by Gasteiger charge is 2.32. The van der Waals surface area contributed by atoms with Crippen molar-refractivity contribution in [1.82, 2.24) is 9.73 Å². The molecule has 2 aromatic rings. The van der Waals surface area contributed by atoms with Gasteiger partial charge in [0.15, 0.2) is 0 Å². The zero-order valence-corrected chi connectivity index (χ0v) is 16.0. The van der Waals surface area contributed by atoms with Gasteiger partial charge in [0.25, 0.3) is 5.91 Å². The Balaban J connectivity index is 2.03. The number of alkyl halides is 3. The van der Waals surface area contributed by atoms with Crippen LogP contribution in [0.2, 0.25) is 5.02 Å². The third-order valence-corrected chi connectivity index (χ3v) is 5.62. The van der Waals surface area contributed by atoms with Gasteiger partial charge in [0, 0.05) is 17.6 Å². The number of nitrogens with one attached hydrogen (secondary N) is 1. The molecule has 0 radical (unpaired) electrons. The average Bonchev–Trinajstić information content (AvgIpc) is 2.61. The molecule has 0 atom stereocenters. The highest BCUT2D eigenvalue weighted by atomic mass is 35.5. The average molecular weight is 434 g/mol. The lowest BCUT2D eigenvalue weighted by atomic mass is 10.1. The maximum Gasteiger partial charge on any atom is 0.417 e. The number of hydrazone groups is 1. The number of benzene rings is 2. The Hall–Kier alpha value is -2.43. The molecule has 2 rings (SSSR count). The van der Waals surface area contributed by atoms with Crippen LogP contribution in [-0.2, 0) is 21.0 Å². The van der Waals surface area contributed by atoms with Crippen molar-refractivity contribution in [3.05, 3.63) is 64.7 Å².